The Morgan fingerprint density at radius 1 is 0.917 bits per heavy atom. The minimum absolute atomic E-state index is 0.277. The van der Waals surface area contributed by atoms with E-state index < -0.39 is 20.5 Å². The molecule has 0 N–H and O–H groups in total. The van der Waals surface area contributed by atoms with E-state index in [1.165, 1.54) is 6.92 Å². The molecule has 0 atom stereocenters. The van der Waals surface area contributed by atoms with Gasteiger partial charge in [0.1, 0.15) is 0 Å². The van der Waals surface area contributed by atoms with Crippen molar-refractivity contribution in [1.82, 2.24) is 4.98 Å². The average Bonchev–Trinajstić information content (AvgIpc) is 2.63. The van der Waals surface area contributed by atoms with Gasteiger partial charge in [-0.1, -0.05) is 0 Å². The molecule has 0 aliphatic rings. The van der Waals surface area contributed by atoms with Crippen LogP contribution in [0, 0.1) is 3.57 Å². The Hall–Kier alpha value is -2.41. The van der Waals surface area contributed by atoms with Gasteiger partial charge in [0, 0.05) is 0 Å². The normalized spacial score (nSPS) is 10.8. The molecule has 3 rings (SSSR count). The van der Waals surface area contributed by atoms with E-state index in [0.717, 1.165) is 15.1 Å². The molecule has 0 aliphatic heterocycles. The van der Waals surface area contributed by atoms with Gasteiger partial charge in [-0.3, -0.25) is 0 Å². The SMILES string of the molecule is CC(=O)OI(c1ccccc1)N(c1ccccc1)c1ccccn1. The van der Waals surface area contributed by atoms with Crippen molar-refractivity contribution in [3.8, 4) is 0 Å². The van der Waals surface area contributed by atoms with Gasteiger partial charge in [-0.15, -0.1) is 0 Å². The average molecular weight is 432 g/mol. The summed E-state index contributed by atoms with van der Waals surface area (Å²) < 4.78 is 8.91. The summed E-state index contributed by atoms with van der Waals surface area (Å²) in [5.41, 5.74) is 0.964. The molecule has 0 unspecified atom stereocenters. The molecule has 0 saturated heterocycles. The minimum atomic E-state index is -2.51. The van der Waals surface area contributed by atoms with Crippen LogP contribution >= 0.6 is 20.5 Å². The third-order valence-corrected chi connectivity index (χ3v) is 7.84. The number of benzene rings is 2. The molecule has 0 fully saturated rings. The number of carbonyl (C=O) groups is 1. The van der Waals surface area contributed by atoms with Crippen molar-refractivity contribution in [2.24, 2.45) is 0 Å². The van der Waals surface area contributed by atoms with Gasteiger partial charge in [-0.2, -0.15) is 0 Å². The van der Waals surface area contributed by atoms with Crippen molar-refractivity contribution in [3.63, 3.8) is 0 Å². The third-order valence-electron chi connectivity index (χ3n) is 3.09. The molecule has 3 aromatic rings. The van der Waals surface area contributed by atoms with E-state index in [1.54, 1.807) is 6.20 Å². The monoisotopic (exact) mass is 432 g/mol. The Morgan fingerprint density at radius 3 is 2.12 bits per heavy atom. The first-order chi connectivity index (χ1) is 11.8. The number of carbonyl (C=O) groups excluding carboxylic acids is 1. The summed E-state index contributed by atoms with van der Waals surface area (Å²) in [6.07, 6.45) is 1.75. The maximum absolute atomic E-state index is 11.8. The third kappa shape index (κ3) is 3.91. The Labute approximate surface area is 149 Å². The molecule has 5 heteroatoms. The molecule has 24 heavy (non-hydrogen) atoms. The summed E-state index contributed by atoms with van der Waals surface area (Å²) in [5.74, 6) is 0.500. The molecule has 0 bridgehead atoms. The van der Waals surface area contributed by atoms with Gasteiger partial charge in [-0.05, 0) is 0 Å². The van der Waals surface area contributed by atoms with Crippen LogP contribution in [0.2, 0.25) is 0 Å². The van der Waals surface area contributed by atoms with E-state index >= 15 is 0 Å². The number of para-hydroxylation sites is 1. The van der Waals surface area contributed by atoms with Crippen LogP contribution in [0.5, 0.6) is 0 Å². The number of nitrogens with zero attached hydrogens (tertiary/aromatic N) is 2. The van der Waals surface area contributed by atoms with Gasteiger partial charge < -0.3 is 0 Å². The number of pyridine rings is 1. The Morgan fingerprint density at radius 2 is 1.54 bits per heavy atom. The summed E-state index contributed by atoms with van der Waals surface area (Å²) in [6.45, 7) is 1.45. The van der Waals surface area contributed by atoms with Crippen molar-refractivity contribution in [2.75, 3.05) is 3.11 Å². The molecule has 1 aromatic heterocycles. The number of halogens is 1. The maximum atomic E-state index is 11.8. The van der Waals surface area contributed by atoms with Crippen LogP contribution < -0.4 is 3.11 Å². The van der Waals surface area contributed by atoms with Crippen molar-refractivity contribution < 1.29 is 7.86 Å². The van der Waals surface area contributed by atoms with Crippen LogP contribution in [-0.4, -0.2) is 11.0 Å². The molecule has 0 amide bonds. The molecule has 122 valence electrons. The van der Waals surface area contributed by atoms with Gasteiger partial charge >= 0.3 is 149 Å². The Kier molecular flexibility index (Phi) is 5.43. The van der Waals surface area contributed by atoms with Gasteiger partial charge in [0.05, 0.1) is 0 Å². The Bertz CT molecular complexity index is 743. The summed E-state index contributed by atoms with van der Waals surface area (Å²) in [7, 11) is 0. The van der Waals surface area contributed by atoms with E-state index in [1.807, 2.05) is 78.9 Å². The molecule has 4 nitrogen and oxygen atoms in total. The van der Waals surface area contributed by atoms with E-state index in [4.69, 9.17) is 3.07 Å². The number of anilines is 2. The summed E-state index contributed by atoms with van der Waals surface area (Å²) >= 11 is -2.51. The van der Waals surface area contributed by atoms with Crippen LogP contribution in [0.4, 0.5) is 11.5 Å². The number of rotatable bonds is 5. The van der Waals surface area contributed by atoms with E-state index in [0.29, 0.717) is 0 Å². The van der Waals surface area contributed by atoms with Crippen LogP contribution in [0.25, 0.3) is 0 Å². The molecular formula is C19H17IN2O2. The molecule has 2 aromatic carbocycles. The van der Waals surface area contributed by atoms with Crippen LogP contribution in [-0.2, 0) is 7.86 Å². The Balaban J connectivity index is 2.12. The van der Waals surface area contributed by atoms with Gasteiger partial charge in [0.15, 0.2) is 0 Å². The molecular weight excluding hydrogens is 415 g/mol. The zero-order chi connectivity index (χ0) is 16.8. The number of hydrogen-bond acceptors (Lipinski definition) is 4. The number of aromatic nitrogens is 1. The molecule has 0 spiro atoms. The fraction of sp³-hybridized carbons (Fsp3) is 0.0526. The van der Waals surface area contributed by atoms with Crippen LogP contribution in [0.15, 0.2) is 85.1 Å². The fourth-order valence-electron chi connectivity index (χ4n) is 2.13. The zero-order valence-corrected chi connectivity index (χ0v) is 15.3. The molecule has 0 aliphatic carbocycles. The quantitative estimate of drug-likeness (QED) is 0.421. The van der Waals surface area contributed by atoms with E-state index in [-0.39, 0.29) is 5.97 Å². The fourth-order valence-corrected chi connectivity index (χ4v) is 6.32. The second-order valence-corrected chi connectivity index (χ2v) is 8.87. The van der Waals surface area contributed by atoms with Gasteiger partial charge in [-0.25, -0.2) is 0 Å². The van der Waals surface area contributed by atoms with E-state index in [9.17, 15) is 4.79 Å². The predicted octanol–water partition coefficient (Wildman–Crippen LogP) is 4.99. The predicted molar refractivity (Wildman–Crippen MR) is 104 cm³/mol. The topological polar surface area (TPSA) is 42.4 Å². The van der Waals surface area contributed by atoms with Crippen molar-refractivity contribution in [2.45, 2.75) is 6.92 Å². The first kappa shape index (κ1) is 16.4. The van der Waals surface area contributed by atoms with Crippen molar-refractivity contribution in [3.05, 3.63) is 88.6 Å². The first-order valence-corrected chi connectivity index (χ1v) is 10.4. The summed E-state index contributed by atoms with van der Waals surface area (Å²) in [4.78, 5) is 16.2. The molecule has 0 saturated carbocycles. The van der Waals surface area contributed by atoms with Crippen LogP contribution in [0.1, 0.15) is 6.92 Å². The first-order valence-electron chi connectivity index (χ1n) is 7.46. The second kappa shape index (κ2) is 7.92. The van der Waals surface area contributed by atoms with Crippen molar-refractivity contribution >= 4 is 38.0 Å². The second-order valence-electron chi connectivity index (χ2n) is 4.90. The zero-order valence-electron chi connectivity index (χ0n) is 13.2. The molecule has 1 heterocycles. The van der Waals surface area contributed by atoms with Crippen LogP contribution in [0.3, 0.4) is 0 Å². The van der Waals surface area contributed by atoms with E-state index in [2.05, 4.69) is 8.10 Å². The molecule has 0 radical (unpaired) electrons. The van der Waals surface area contributed by atoms with Gasteiger partial charge in [0.25, 0.3) is 0 Å². The van der Waals surface area contributed by atoms with Gasteiger partial charge in [0.2, 0.25) is 0 Å². The summed E-state index contributed by atoms with van der Waals surface area (Å²) in [5, 5.41) is 0. The summed E-state index contributed by atoms with van der Waals surface area (Å²) in [6, 6.07) is 25.6. The standard InChI is InChI=1S/C19H17IN2O2/c1-16(23)24-20(17-10-4-2-5-11-17)22(18-12-6-3-7-13-18)19-14-8-9-15-21-19/h2-15H,1H3. The number of hydrogen-bond donors (Lipinski definition) is 0. The van der Waals surface area contributed by atoms with Crippen molar-refractivity contribution in [1.29, 1.82) is 0 Å².